The van der Waals surface area contributed by atoms with Crippen LogP contribution in [0, 0.1) is 5.82 Å². The number of nitrogens with zero attached hydrogens (tertiary/aromatic N) is 6. The van der Waals surface area contributed by atoms with Crippen LogP contribution in [-0.2, 0) is 20.0 Å². The van der Waals surface area contributed by atoms with Gasteiger partial charge in [-0.3, -0.25) is 14.8 Å². The number of pyridine rings is 1. The van der Waals surface area contributed by atoms with Gasteiger partial charge in [0.2, 0.25) is 0 Å². The second kappa shape index (κ2) is 22.2. The van der Waals surface area contributed by atoms with Crippen LogP contribution >= 0.6 is 0 Å². The van der Waals surface area contributed by atoms with Crippen molar-refractivity contribution in [1.29, 1.82) is 0 Å². The number of carbonyl (C=O) groups is 1. The predicted octanol–water partition coefficient (Wildman–Crippen LogP) is 12.3. The van der Waals surface area contributed by atoms with E-state index in [4.69, 9.17) is 33.3 Å². The van der Waals surface area contributed by atoms with E-state index in [1.165, 1.54) is 20.7 Å². The first-order valence-corrected chi connectivity index (χ1v) is 34.1. The number of halogens is 1. The van der Waals surface area contributed by atoms with Crippen molar-refractivity contribution in [2.24, 2.45) is 0 Å². The van der Waals surface area contributed by atoms with Gasteiger partial charge in [0.25, 0.3) is 16.6 Å². The van der Waals surface area contributed by atoms with E-state index in [9.17, 15) is 4.79 Å². The number of hydrogen-bond acceptors (Lipinski definition) is 10. The smallest absolute Gasteiger partial charge is 0.410 e. The molecule has 0 radical (unpaired) electrons. The third kappa shape index (κ3) is 10.3. The van der Waals surface area contributed by atoms with Crippen molar-refractivity contribution < 1.29 is 27.5 Å². The van der Waals surface area contributed by atoms with Crippen molar-refractivity contribution in [3.05, 3.63) is 175 Å². The molecule has 8 aromatic rings. The molecule has 436 valence electrons. The number of fused-ring (bicyclic) bond motifs is 5. The van der Waals surface area contributed by atoms with Gasteiger partial charge in [-0.2, -0.15) is 9.97 Å². The Morgan fingerprint density at radius 2 is 1.12 bits per heavy atom. The summed E-state index contributed by atoms with van der Waals surface area (Å²) in [6.07, 6.45) is 4.82. The first kappa shape index (κ1) is 57.6. The number of carbonyl (C=O) groups excluding carboxylic acids is 1. The number of amides is 1. The Morgan fingerprint density at radius 3 is 1.58 bits per heavy atom. The molecule has 2 bridgehead atoms. The zero-order chi connectivity index (χ0) is 58.8. The van der Waals surface area contributed by atoms with Gasteiger partial charge in [0.1, 0.15) is 29.2 Å². The highest BCUT2D eigenvalue weighted by Crippen LogP contribution is 2.48. The average Bonchev–Trinajstić information content (AvgIpc) is 1.54. The van der Waals surface area contributed by atoms with Crippen LogP contribution in [0.15, 0.2) is 164 Å². The van der Waals surface area contributed by atoms with E-state index in [0.717, 1.165) is 35.6 Å². The van der Waals surface area contributed by atoms with Gasteiger partial charge in [-0.1, -0.05) is 206 Å². The first-order valence-electron chi connectivity index (χ1n) is 30.3. The van der Waals surface area contributed by atoms with E-state index in [2.05, 4.69) is 204 Å². The van der Waals surface area contributed by atoms with Crippen LogP contribution in [0.3, 0.4) is 0 Å². The molecule has 0 spiro atoms. The highest BCUT2D eigenvalue weighted by Gasteiger charge is 2.60. The standard InChI is InChI=1S/C70H81FN6O5Si2/c1-11-48-26-24-27-49-28-25-37-58(60(48)49)62-61(71)63-59(42-72-62)64(75-43-50-38-39-51(44-75)77(50)66(78)80-67(2,3)4)74-65(73-63)79-47-70-40-52(81-83(68(5,6)7,54-29-16-12-17-30-54)55-31-18-13-19-32-55)45-76(70)46-53(41-70)82-84(69(8,9)10,56-33-20-14-21-34-56)57-35-22-15-23-36-57/h12-37,42,50-53H,11,38-41,43-47H2,1-10H3/t50-,51-,52-,53+,70?/m0/s1. The number of aromatic nitrogens is 3. The fourth-order valence-corrected chi connectivity index (χ4v) is 24.2. The summed E-state index contributed by atoms with van der Waals surface area (Å²) in [5, 5.41) is 6.93. The zero-order valence-electron chi connectivity index (χ0n) is 50.6. The van der Waals surface area contributed by atoms with E-state index in [1.54, 1.807) is 6.20 Å². The molecule has 12 rings (SSSR count). The minimum atomic E-state index is -3.00. The molecular formula is C70H81FN6O5Si2. The molecular weight excluding hydrogens is 1080 g/mol. The molecule has 4 aliphatic rings. The lowest BCUT2D eigenvalue weighted by atomic mass is 9.93. The van der Waals surface area contributed by atoms with Crippen molar-refractivity contribution in [2.45, 2.75) is 147 Å². The molecule has 84 heavy (non-hydrogen) atoms. The minimum absolute atomic E-state index is 0.0877. The second-order valence-corrected chi connectivity index (χ2v) is 35.5. The molecule has 14 heteroatoms. The summed E-state index contributed by atoms with van der Waals surface area (Å²) in [7, 11) is -6.01. The molecule has 5 atom stereocenters. The van der Waals surface area contributed by atoms with E-state index < -0.39 is 33.6 Å². The molecule has 6 heterocycles. The van der Waals surface area contributed by atoms with E-state index in [1.807, 2.05) is 37.8 Å². The Hall–Kier alpha value is -6.82. The van der Waals surface area contributed by atoms with Crippen LogP contribution in [0.5, 0.6) is 6.01 Å². The molecule has 0 aliphatic carbocycles. The normalized spacial score (nSPS) is 21.3. The van der Waals surface area contributed by atoms with Gasteiger partial charge in [-0.05, 0) is 100 Å². The largest absolute Gasteiger partial charge is 0.461 e. The van der Waals surface area contributed by atoms with E-state index >= 15 is 4.39 Å². The van der Waals surface area contributed by atoms with Crippen molar-refractivity contribution in [3.8, 4) is 17.3 Å². The molecule has 1 unspecified atom stereocenters. The Labute approximate surface area is 497 Å². The number of ether oxygens (including phenoxy) is 2. The van der Waals surface area contributed by atoms with Crippen LogP contribution in [0.1, 0.15) is 100 Å². The number of aryl methyl sites for hydroxylation is 1. The SMILES string of the molecule is CCc1cccc2cccc(-c3ncc4c(N5C[C@@H]6CC[C@@H](C5)N6C(=O)OC(C)(C)C)nc(OCC56C[C@H](O[Si](c7ccccc7)(c7ccccc7)C(C)(C)C)CN5C[C@H](O[Si](c5ccccc5)(c5ccccc5)C(C)(C)C)C6)nc4c3F)c12. The molecule has 4 aliphatic heterocycles. The molecule has 4 saturated heterocycles. The Morgan fingerprint density at radius 1 is 0.631 bits per heavy atom. The number of piperazine rings is 1. The van der Waals surface area contributed by atoms with Crippen LogP contribution in [0.25, 0.3) is 32.9 Å². The highest BCUT2D eigenvalue weighted by molar-refractivity contribution is 7.00. The summed E-state index contributed by atoms with van der Waals surface area (Å²) in [4.78, 5) is 35.8. The fraction of sp³-hybridized carbons (Fsp3) is 0.400. The Balaban J connectivity index is 0.966. The zero-order valence-corrected chi connectivity index (χ0v) is 52.6. The van der Waals surface area contributed by atoms with Crippen molar-refractivity contribution in [3.63, 3.8) is 0 Å². The second-order valence-electron chi connectivity index (χ2n) is 27.0. The molecule has 0 N–H and O–H groups in total. The summed E-state index contributed by atoms with van der Waals surface area (Å²) >= 11 is 0. The maximum Gasteiger partial charge on any atom is 0.410 e. The van der Waals surface area contributed by atoms with Gasteiger partial charge < -0.3 is 23.2 Å². The quantitative estimate of drug-likeness (QED) is 0.0978. The third-order valence-electron chi connectivity index (χ3n) is 18.4. The minimum Gasteiger partial charge on any atom is -0.461 e. The molecule has 0 saturated carbocycles. The summed E-state index contributed by atoms with van der Waals surface area (Å²) in [5.74, 6) is 0.00247. The Bertz CT molecular complexity index is 3460. The van der Waals surface area contributed by atoms with Crippen LogP contribution in [0.4, 0.5) is 15.0 Å². The summed E-state index contributed by atoms with van der Waals surface area (Å²) in [5.41, 5.74) is 0.955. The number of anilines is 1. The maximum atomic E-state index is 18.1. The lowest BCUT2D eigenvalue weighted by Crippen LogP contribution is -2.68. The molecule has 1 amide bonds. The van der Waals surface area contributed by atoms with Crippen molar-refractivity contribution in [1.82, 2.24) is 24.8 Å². The monoisotopic (exact) mass is 1160 g/mol. The van der Waals surface area contributed by atoms with Gasteiger partial charge in [-0.15, -0.1) is 0 Å². The van der Waals surface area contributed by atoms with Crippen LogP contribution in [-0.4, -0.2) is 116 Å². The lowest BCUT2D eigenvalue weighted by molar-refractivity contribution is 0.0122. The Kier molecular flexibility index (Phi) is 15.2. The third-order valence-corrected chi connectivity index (χ3v) is 28.6. The highest BCUT2D eigenvalue weighted by atomic mass is 28.4. The molecule has 6 aromatic carbocycles. The van der Waals surface area contributed by atoms with Gasteiger partial charge >= 0.3 is 12.1 Å². The van der Waals surface area contributed by atoms with Crippen LogP contribution in [0.2, 0.25) is 10.1 Å². The number of hydrogen-bond donors (Lipinski definition) is 0. The molecule has 2 aromatic heterocycles. The van der Waals surface area contributed by atoms with Gasteiger partial charge in [0.15, 0.2) is 5.82 Å². The van der Waals surface area contributed by atoms with E-state index in [-0.39, 0.29) is 64.3 Å². The van der Waals surface area contributed by atoms with Gasteiger partial charge in [0.05, 0.1) is 35.2 Å². The fourth-order valence-electron chi connectivity index (χ4n) is 14.8. The maximum absolute atomic E-state index is 18.1. The van der Waals surface area contributed by atoms with Crippen molar-refractivity contribution in [2.75, 3.05) is 37.7 Å². The summed E-state index contributed by atoms with van der Waals surface area (Å²) < 4.78 is 47.3. The molecule has 4 fully saturated rings. The lowest BCUT2D eigenvalue weighted by Gasteiger charge is -2.45. The average molecular weight is 1160 g/mol. The van der Waals surface area contributed by atoms with Crippen LogP contribution < -0.4 is 30.4 Å². The van der Waals surface area contributed by atoms with Crippen molar-refractivity contribution >= 4 is 71.0 Å². The molecule has 11 nitrogen and oxygen atoms in total. The predicted molar refractivity (Wildman–Crippen MR) is 341 cm³/mol. The van der Waals surface area contributed by atoms with E-state index in [0.29, 0.717) is 55.8 Å². The topological polar surface area (TPSA) is 102 Å². The summed E-state index contributed by atoms with van der Waals surface area (Å²) in [6, 6.07) is 55.6. The number of rotatable bonds is 14. The number of benzene rings is 6. The van der Waals surface area contributed by atoms with Gasteiger partial charge in [0, 0.05) is 37.9 Å². The summed E-state index contributed by atoms with van der Waals surface area (Å²) in [6.45, 7) is 24.3. The van der Waals surface area contributed by atoms with Gasteiger partial charge in [-0.25, -0.2) is 9.18 Å². The first-order chi connectivity index (χ1) is 40.2.